The molecule has 5 nitrogen and oxygen atoms in total. The minimum atomic E-state index is -0.250. The lowest BCUT2D eigenvalue weighted by Gasteiger charge is -2.07. The number of rotatable bonds is 5. The average Bonchev–Trinajstić information content (AvgIpc) is 3.47. The van der Waals surface area contributed by atoms with Gasteiger partial charge in [-0.1, -0.05) is 48.5 Å². The van der Waals surface area contributed by atoms with Crippen LogP contribution in [0.3, 0.4) is 0 Å². The van der Waals surface area contributed by atoms with Gasteiger partial charge in [0, 0.05) is 22.9 Å². The van der Waals surface area contributed by atoms with Crippen LogP contribution >= 0.6 is 0 Å². The number of para-hydroxylation sites is 2. The van der Waals surface area contributed by atoms with E-state index in [1.807, 2.05) is 91.9 Å². The van der Waals surface area contributed by atoms with Crippen molar-refractivity contribution in [1.82, 2.24) is 4.98 Å². The van der Waals surface area contributed by atoms with Crippen molar-refractivity contribution >= 4 is 28.8 Å². The molecule has 2 heterocycles. The fourth-order valence-electron chi connectivity index (χ4n) is 3.42. The number of hydrogen-bond donors (Lipinski definition) is 1. The van der Waals surface area contributed by atoms with Crippen LogP contribution in [0.5, 0.6) is 0 Å². The standard InChI is InChI=1S/C27H20N2O3/c1-18-11-12-20(27-29-22-9-5-6-10-25(22)32-27)17-23(18)28-26(30)16-14-21-13-15-24(31-21)19-7-3-2-4-8-19/h2-17H,1H3,(H,28,30). The van der Waals surface area contributed by atoms with Crippen LogP contribution in [-0.4, -0.2) is 10.9 Å². The monoisotopic (exact) mass is 420 g/mol. The van der Waals surface area contributed by atoms with E-state index in [0.717, 1.165) is 33.6 Å². The lowest BCUT2D eigenvalue weighted by Crippen LogP contribution is -2.09. The van der Waals surface area contributed by atoms with Crippen LogP contribution in [0.4, 0.5) is 5.69 Å². The molecule has 0 fully saturated rings. The molecule has 0 saturated heterocycles. The molecule has 156 valence electrons. The van der Waals surface area contributed by atoms with Crippen molar-refractivity contribution < 1.29 is 13.6 Å². The Hall–Kier alpha value is -4.38. The molecule has 5 heteroatoms. The lowest BCUT2D eigenvalue weighted by atomic mass is 10.1. The van der Waals surface area contributed by atoms with Crippen molar-refractivity contribution in [2.45, 2.75) is 6.92 Å². The van der Waals surface area contributed by atoms with Gasteiger partial charge >= 0.3 is 0 Å². The van der Waals surface area contributed by atoms with Crippen LogP contribution in [0, 0.1) is 6.92 Å². The predicted molar refractivity (Wildman–Crippen MR) is 126 cm³/mol. The van der Waals surface area contributed by atoms with Gasteiger partial charge in [0.25, 0.3) is 0 Å². The molecule has 3 aromatic carbocycles. The maximum atomic E-state index is 12.5. The van der Waals surface area contributed by atoms with E-state index in [2.05, 4.69) is 10.3 Å². The quantitative estimate of drug-likeness (QED) is 0.321. The number of carbonyl (C=O) groups excluding carboxylic acids is 1. The molecular formula is C27H20N2O3. The summed E-state index contributed by atoms with van der Waals surface area (Å²) in [5.41, 5.74) is 4.95. The Bertz CT molecular complexity index is 1390. The topological polar surface area (TPSA) is 68.3 Å². The molecule has 32 heavy (non-hydrogen) atoms. The zero-order valence-electron chi connectivity index (χ0n) is 17.4. The maximum absolute atomic E-state index is 12.5. The first-order chi connectivity index (χ1) is 15.7. The maximum Gasteiger partial charge on any atom is 0.248 e. The van der Waals surface area contributed by atoms with Crippen molar-refractivity contribution in [3.05, 3.63) is 102 Å². The van der Waals surface area contributed by atoms with Crippen LogP contribution in [0.25, 0.3) is 40.0 Å². The summed E-state index contributed by atoms with van der Waals surface area (Å²) in [5.74, 6) is 1.63. The van der Waals surface area contributed by atoms with Gasteiger partial charge in [-0.3, -0.25) is 4.79 Å². The first-order valence-corrected chi connectivity index (χ1v) is 10.3. The number of furan rings is 1. The van der Waals surface area contributed by atoms with Gasteiger partial charge < -0.3 is 14.2 Å². The van der Waals surface area contributed by atoms with Crippen molar-refractivity contribution in [3.8, 4) is 22.8 Å². The number of carbonyl (C=O) groups is 1. The van der Waals surface area contributed by atoms with E-state index in [-0.39, 0.29) is 5.91 Å². The summed E-state index contributed by atoms with van der Waals surface area (Å²) in [4.78, 5) is 17.1. The van der Waals surface area contributed by atoms with Crippen molar-refractivity contribution in [2.75, 3.05) is 5.32 Å². The van der Waals surface area contributed by atoms with Crippen LogP contribution in [0.2, 0.25) is 0 Å². The van der Waals surface area contributed by atoms with Gasteiger partial charge in [0.1, 0.15) is 17.0 Å². The third-order valence-corrected chi connectivity index (χ3v) is 5.12. The Labute approximate surface area is 185 Å². The summed E-state index contributed by atoms with van der Waals surface area (Å²) in [6, 6.07) is 26.9. The molecule has 1 N–H and O–H groups in total. The molecular weight excluding hydrogens is 400 g/mol. The second-order valence-corrected chi connectivity index (χ2v) is 7.41. The molecule has 0 aliphatic heterocycles. The normalized spacial score (nSPS) is 11.3. The fourth-order valence-corrected chi connectivity index (χ4v) is 3.42. The molecule has 0 spiro atoms. The number of nitrogens with zero attached hydrogens (tertiary/aromatic N) is 1. The molecule has 0 radical (unpaired) electrons. The number of aromatic nitrogens is 1. The highest BCUT2D eigenvalue weighted by Gasteiger charge is 2.11. The molecule has 0 unspecified atom stereocenters. The third kappa shape index (κ3) is 4.09. The number of benzene rings is 3. The van der Waals surface area contributed by atoms with Gasteiger partial charge in [-0.2, -0.15) is 0 Å². The van der Waals surface area contributed by atoms with Gasteiger partial charge in [-0.25, -0.2) is 4.98 Å². The third-order valence-electron chi connectivity index (χ3n) is 5.12. The number of fused-ring (bicyclic) bond motifs is 1. The van der Waals surface area contributed by atoms with Gasteiger partial charge in [0.15, 0.2) is 5.58 Å². The van der Waals surface area contributed by atoms with E-state index in [9.17, 15) is 4.79 Å². The first-order valence-electron chi connectivity index (χ1n) is 10.3. The SMILES string of the molecule is Cc1ccc(-c2nc3ccccc3o2)cc1NC(=O)C=Cc1ccc(-c2ccccc2)o1. The second kappa shape index (κ2) is 8.40. The Morgan fingerprint density at radius 3 is 2.53 bits per heavy atom. The molecule has 0 atom stereocenters. The zero-order chi connectivity index (χ0) is 21.9. The summed E-state index contributed by atoms with van der Waals surface area (Å²) < 4.78 is 11.7. The van der Waals surface area contributed by atoms with E-state index in [1.54, 1.807) is 6.08 Å². The summed E-state index contributed by atoms with van der Waals surface area (Å²) in [6.45, 7) is 1.94. The predicted octanol–water partition coefficient (Wildman–Crippen LogP) is 6.72. The van der Waals surface area contributed by atoms with Gasteiger partial charge in [0.2, 0.25) is 11.8 Å². The van der Waals surface area contributed by atoms with E-state index >= 15 is 0 Å². The lowest BCUT2D eigenvalue weighted by molar-refractivity contribution is -0.111. The van der Waals surface area contributed by atoms with E-state index < -0.39 is 0 Å². The summed E-state index contributed by atoms with van der Waals surface area (Å²) in [6.07, 6.45) is 3.11. The average molecular weight is 420 g/mol. The molecule has 0 bridgehead atoms. The highest BCUT2D eigenvalue weighted by atomic mass is 16.3. The van der Waals surface area contributed by atoms with Gasteiger partial charge in [0.05, 0.1) is 0 Å². The van der Waals surface area contributed by atoms with Gasteiger partial charge in [-0.05, 0) is 55.0 Å². The summed E-state index contributed by atoms with van der Waals surface area (Å²) >= 11 is 0. The second-order valence-electron chi connectivity index (χ2n) is 7.41. The number of amides is 1. The fraction of sp³-hybridized carbons (Fsp3) is 0.0370. The van der Waals surface area contributed by atoms with Crippen LogP contribution < -0.4 is 5.32 Å². The smallest absolute Gasteiger partial charge is 0.248 e. The molecule has 0 aliphatic carbocycles. The Morgan fingerprint density at radius 2 is 1.69 bits per heavy atom. The molecule has 5 aromatic rings. The minimum Gasteiger partial charge on any atom is -0.457 e. The number of nitrogens with one attached hydrogen (secondary N) is 1. The number of oxazole rings is 1. The molecule has 0 aliphatic rings. The number of hydrogen-bond acceptors (Lipinski definition) is 4. The summed E-state index contributed by atoms with van der Waals surface area (Å²) in [5, 5.41) is 2.93. The summed E-state index contributed by atoms with van der Waals surface area (Å²) in [7, 11) is 0. The molecule has 0 saturated carbocycles. The van der Waals surface area contributed by atoms with Crippen LogP contribution in [0.15, 0.2) is 99.8 Å². The van der Waals surface area contributed by atoms with Crippen molar-refractivity contribution in [2.24, 2.45) is 0 Å². The Morgan fingerprint density at radius 1 is 0.875 bits per heavy atom. The number of aryl methyl sites for hydroxylation is 1. The van der Waals surface area contributed by atoms with Gasteiger partial charge in [-0.15, -0.1) is 0 Å². The highest BCUT2D eigenvalue weighted by Crippen LogP contribution is 2.28. The number of anilines is 1. The molecule has 1 amide bonds. The van der Waals surface area contributed by atoms with Crippen LogP contribution in [0.1, 0.15) is 11.3 Å². The molecule has 2 aromatic heterocycles. The first kappa shape index (κ1) is 19.6. The van der Waals surface area contributed by atoms with E-state index in [0.29, 0.717) is 17.3 Å². The Kier molecular flexibility index (Phi) is 5.14. The molecule has 5 rings (SSSR count). The Balaban J connectivity index is 1.32. The minimum absolute atomic E-state index is 0.250. The van der Waals surface area contributed by atoms with E-state index in [1.165, 1.54) is 6.08 Å². The van der Waals surface area contributed by atoms with E-state index in [4.69, 9.17) is 8.83 Å². The zero-order valence-corrected chi connectivity index (χ0v) is 17.4. The highest BCUT2D eigenvalue weighted by molar-refractivity contribution is 6.02. The van der Waals surface area contributed by atoms with Crippen molar-refractivity contribution in [3.63, 3.8) is 0 Å². The van der Waals surface area contributed by atoms with Crippen molar-refractivity contribution in [1.29, 1.82) is 0 Å². The largest absolute Gasteiger partial charge is 0.457 e. The van der Waals surface area contributed by atoms with Crippen LogP contribution in [-0.2, 0) is 4.79 Å².